The molecular weight excluding hydrogens is 420 g/mol. The van der Waals surface area contributed by atoms with Crippen LogP contribution >= 0.6 is 0 Å². The predicted octanol–water partition coefficient (Wildman–Crippen LogP) is 4.72. The second-order valence-electron chi connectivity index (χ2n) is 7.31. The minimum atomic E-state index is -0.286. The van der Waals surface area contributed by atoms with Gasteiger partial charge in [-0.15, -0.1) is 0 Å². The van der Waals surface area contributed by atoms with Crippen LogP contribution in [0.15, 0.2) is 71.4 Å². The molecule has 4 rings (SSSR count). The standard InChI is InChI=1S/C25H24N4O4/c1-17-21(18(2)33-28-17)16-32-22-11-9-19(15-23(22)31-3)10-12-25(30)26-24-13-14-29(27-24)20-7-5-4-6-8-20/h4-15H,16H2,1-3H3,(H,26,27,30)/b12-10+. The third-order valence-electron chi connectivity index (χ3n) is 5.03. The Kier molecular flexibility index (Phi) is 6.54. The van der Waals surface area contributed by atoms with E-state index in [-0.39, 0.29) is 5.91 Å². The molecule has 0 fully saturated rings. The maximum absolute atomic E-state index is 12.3. The molecule has 1 amide bonds. The van der Waals surface area contributed by atoms with Gasteiger partial charge in [0.1, 0.15) is 12.4 Å². The van der Waals surface area contributed by atoms with E-state index in [0.29, 0.717) is 23.9 Å². The summed E-state index contributed by atoms with van der Waals surface area (Å²) in [7, 11) is 1.57. The highest BCUT2D eigenvalue weighted by Gasteiger charge is 2.12. The molecule has 2 aromatic heterocycles. The first-order chi connectivity index (χ1) is 16.0. The van der Waals surface area contributed by atoms with Crippen LogP contribution in [0, 0.1) is 13.8 Å². The van der Waals surface area contributed by atoms with Gasteiger partial charge in [-0.1, -0.05) is 29.4 Å². The summed E-state index contributed by atoms with van der Waals surface area (Å²) < 4.78 is 18.2. The first-order valence-corrected chi connectivity index (χ1v) is 10.4. The summed E-state index contributed by atoms with van der Waals surface area (Å²) in [4.78, 5) is 12.3. The van der Waals surface area contributed by atoms with E-state index in [4.69, 9.17) is 14.0 Å². The molecule has 0 saturated heterocycles. The van der Waals surface area contributed by atoms with Crippen LogP contribution in [0.25, 0.3) is 11.8 Å². The van der Waals surface area contributed by atoms with Crippen molar-refractivity contribution in [3.63, 3.8) is 0 Å². The fourth-order valence-electron chi connectivity index (χ4n) is 3.22. The normalized spacial score (nSPS) is 11.0. The molecule has 0 saturated carbocycles. The van der Waals surface area contributed by atoms with Crippen molar-refractivity contribution in [2.75, 3.05) is 12.4 Å². The Morgan fingerprint density at radius 2 is 1.94 bits per heavy atom. The van der Waals surface area contributed by atoms with Gasteiger partial charge in [0.25, 0.3) is 0 Å². The highest BCUT2D eigenvalue weighted by atomic mass is 16.5. The molecule has 0 radical (unpaired) electrons. The number of anilines is 1. The second kappa shape index (κ2) is 9.86. The summed E-state index contributed by atoms with van der Waals surface area (Å²) in [6.45, 7) is 4.04. The van der Waals surface area contributed by atoms with Crippen molar-refractivity contribution in [1.82, 2.24) is 14.9 Å². The molecular formula is C25H24N4O4. The van der Waals surface area contributed by atoms with Gasteiger partial charge in [0.2, 0.25) is 5.91 Å². The number of hydrogen-bond donors (Lipinski definition) is 1. The first-order valence-electron chi connectivity index (χ1n) is 10.4. The smallest absolute Gasteiger partial charge is 0.249 e. The molecule has 0 aliphatic rings. The summed E-state index contributed by atoms with van der Waals surface area (Å²) in [6.07, 6.45) is 4.94. The molecule has 0 spiro atoms. The fourth-order valence-corrected chi connectivity index (χ4v) is 3.22. The monoisotopic (exact) mass is 444 g/mol. The number of aromatic nitrogens is 3. The number of ether oxygens (including phenoxy) is 2. The summed E-state index contributed by atoms with van der Waals surface area (Å²) in [6, 6.07) is 16.9. The molecule has 8 nitrogen and oxygen atoms in total. The van der Waals surface area contributed by atoms with E-state index in [1.54, 1.807) is 42.3 Å². The highest BCUT2D eigenvalue weighted by Crippen LogP contribution is 2.30. The van der Waals surface area contributed by atoms with Crippen molar-refractivity contribution < 1.29 is 18.8 Å². The molecule has 4 aromatic rings. The van der Waals surface area contributed by atoms with Gasteiger partial charge in [-0.3, -0.25) is 4.79 Å². The van der Waals surface area contributed by atoms with Crippen molar-refractivity contribution in [3.8, 4) is 17.2 Å². The number of hydrogen-bond acceptors (Lipinski definition) is 6. The number of nitrogens with zero attached hydrogens (tertiary/aromatic N) is 3. The number of benzene rings is 2. The Morgan fingerprint density at radius 1 is 1.12 bits per heavy atom. The average Bonchev–Trinajstić information content (AvgIpc) is 3.43. The van der Waals surface area contributed by atoms with Gasteiger partial charge in [0, 0.05) is 18.3 Å². The molecule has 0 unspecified atom stereocenters. The summed E-state index contributed by atoms with van der Waals surface area (Å²) in [5, 5.41) is 11.1. The molecule has 0 atom stereocenters. The molecule has 0 bridgehead atoms. The van der Waals surface area contributed by atoms with Crippen molar-refractivity contribution in [2.24, 2.45) is 0 Å². The zero-order valence-corrected chi connectivity index (χ0v) is 18.6. The van der Waals surface area contributed by atoms with Crippen LogP contribution in [0.2, 0.25) is 0 Å². The van der Waals surface area contributed by atoms with E-state index in [1.807, 2.05) is 50.2 Å². The number of rotatable bonds is 8. The lowest BCUT2D eigenvalue weighted by Gasteiger charge is -2.11. The third kappa shape index (κ3) is 5.30. The van der Waals surface area contributed by atoms with E-state index in [0.717, 1.165) is 28.3 Å². The molecule has 168 valence electrons. The van der Waals surface area contributed by atoms with Crippen LogP contribution < -0.4 is 14.8 Å². The van der Waals surface area contributed by atoms with Crippen LogP contribution in [0.5, 0.6) is 11.5 Å². The van der Waals surface area contributed by atoms with Crippen LogP contribution in [-0.4, -0.2) is 28.0 Å². The number of aryl methyl sites for hydroxylation is 2. The van der Waals surface area contributed by atoms with Gasteiger partial charge in [-0.25, -0.2) is 4.68 Å². The van der Waals surface area contributed by atoms with Gasteiger partial charge in [0.15, 0.2) is 17.3 Å². The SMILES string of the molecule is COc1cc(/C=C/C(=O)Nc2ccn(-c3ccccc3)n2)ccc1OCc1c(C)noc1C. The number of amides is 1. The van der Waals surface area contributed by atoms with Crippen molar-refractivity contribution in [1.29, 1.82) is 0 Å². The largest absolute Gasteiger partial charge is 0.493 e. The number of carbonyl (C=O) groups excluding carboxylic acids is 1. The van der Waals surface area contributed by atoms with E-state index in [1.165, 1.54) is 6.08 Å². The van der Waals surface area contributed by atoms with E-state index < -0.39 is 0 Å². The Hall–Kier alpha value is -4.33. The predicted molar refractivity (Wildman–Crippen MR) is 125 cm³/mol. The Bertz CT molecular complexity index is 1260. The zero-order chi connectivity index (χ0) is 23.2. The van der Waals surface area contributed by atoms with Crippen LogP contribution in [0.3, 0.4) is 0 Å². The quantitative estimate of drug-likeness (QED) is 0.396. The maximum atomic E-state index is 12.3. The topological polar surface area (TPSA) is 91.4 Å². The minimum absolute atomic E-state index is 0.286. The average molecular weight is 444 g/mol. The van der Waals surface area contributed by atoms with Crippen LogP contribution in [0.4, 0.5) is 5.82 Å². The Labute approximate surface area is 191 Å². The van der Waals surface area contributed by atoms with Gasteiger partial charge < -0.3 is 19.3 Å². The van der Waals surface area contributed by atoms with Crippen LogP contribution in [-0.2, 0) is 11.4 Å². The molecule has 0 aliphatic heterocycles. The molecule has 1 N–H and O–H groups in total. The molecule has 2 aromatic carbocycles. The zero-order valence-electron chi connectivity index (χ0n) is 18.6. The first kappa shape index (κ1) is 21.9. The summed E-state index contributed by atoms with van der Waals surface area (Å²) in [5.41, 5.74) is 3.41. The number of carbonyl (C=O) groups is 1. The number of nitrogens with one attached hydrogen (secondary N) is 1. The third-order valence-corrected chi connectivity index (χ3v) is 5.03. The number of methoxy groups -OCH3 is 1. The van der Waals surface area contributed by atoms with Gasteiger partial charge in [-0.05, 0) is 49.8 Å². The lowest BCUT2D eigenvalue weighted by molar-refractivity contribution is -0.111. The van der Waals surface area contributed by atoms with Crippen LogP contribution in [0.1, 0.15) is 22.6 Å². The van der Waals surface area contributed by atoms with Crippen molar-refractivity contribution in [2.45, 2.75) is 20.5 Å². The Morgan fingerprint density at radius 3 is 2.67 bits per heavy atom. The second-order valence-corrected chi connectivity index (χ2v) is 7.31. The van der Waals surface area contributed by atoms with E-state index in [2.05, 4.69) is 15.6 Å². The molecule has 2 heterocycles. The summed E-state index contributed by atoms with van der Waals surface area (Å²) in [5.74, 6) is 2.06. The van der Waals surface area contributed by atoms with Gasteiger partial charge >= 0.3 is 0 Å². The van der Waals surface area contributed by atoms with E-state index in [9.17, 15) is 4.79 Å². The van der Waals surface area contributed by atoms with Crippen molar-refractivity contribution >= 4 is 17.8 Å². The van der Waals surface area contributed by atoms with Gasteiger partial charge in [0.05, 0.1) is 24.1 Å². The lowest BCUT2D eigenvalue weighted by atomic mass is 10.2. The van der Waals surface area contributed by atoms with Gasteiger partial charge in [-0.2, -0.15) is 5.10 Å². The fraction of sp³-hybridized carbons (Fsp3) is 0.160. The van der Waals surface area contributed by atoms with Crippen molar-refractivity contribution in [3.05, 3.63) is 89.5 Å². The minimum Gasteiger partial charge on any atom is -0.493 e. The molecule has 0 aliphatic carbocycles. The Balaban J connectivity index is 1.38. The maximum Gasteiger partial charge on any atom is 0.249 e. The molecule has 33 heavy (non-hydrogen) atoms. The highest BCUT2D eigenvalue weighted by molar-refractivity contribution is 6.01. The summed E-state index contributed by atoms with van der Waals surface area (Å²) >= 11 is 0. The molecule has 8 heteroatoms. The number of para-hydroxylation sites is 1. The van der Waals surface area contributed by atoms with E-state index >= 15 is 0 Å². The lowest BCUT2D eigenvalue weighted by Crippen LogP contribution is -2.08.